The van der Waals surface area contributed by atoms with Crippen molar-refractivity contribution in [2.24, 2.45) is 0 Å². The zero-order valence-electron chi connectivity index (χ0n) is 15.5. The van der Waals surface area contributed by atoms with Crippen LogP contribution in [0.15, 0.2) is 23.3 Å². The molecule has 2 aliphatic rings. The van der Waals surface area contributed by atoms with Crippen molar-refractivity contribution in [3.05, 3.63) is 40.1 Å². The minimum Gasteiger partial charge on any atom is -0.399 e. The average Bonchev–Trinajstić information content (AvgIpc) is 2.85. The third-order valence-electron chi connectivity index (χ3n) is 5.26. The lowest BCUT2D eigenvalue weighted by atomic mass is 9.76. The van der Waals surface area contributed by atoms with Crippen LogP contribution in [0.25, 0.3) is 6.08 Å². The van der Waals surface area contributed by atoms with Crippen molar-refractivity contribution < 1.29 is 18.0 Å². The van der Waals surface area contributed by atoms with Gasteiger partial charge in [0, 0.05) is 29.4 Å². The second kappa shape index (κ2) is 6.14. The Labute approximate surface area is 153 Å². The number of aromatic nitrogens is 1. The maximum absolute atomic E-state index is 13.3. The van der Waals surface area contributed by atoms with E-state index >= 15 is 0 Å². The van der Waals surface area contributed by atoms with E-state index in [1.165, 1.54) is 10.9 Å². The molecule has 1 aliphatic heterocycles. The summed E-state index contributed by atoms with van der Waals surface area (Å²) in [6.07, 6.45) is 6.05. The lowest BCUT2D eigenvalue weighted by molar-refractivity contribution is 0.00578. The highest BCUT2D eigenvalue weighted by Gasteiger charge is 2.52. The SMILES string of the molecule is CC(=O)c1cn(SF)c2c1C=C(B1OC(C)(C)C(C)(C)O1)C=C(C)C2. The summed E-state index contributed by atoms with van der Waals surface area (Å²) in [5.74, 6) is -0.0897. The Bertz CT molecular complexity index is 778. The molecule has 1 aromatic rings. The van der Waals surface area contributed by atoms with Crippen LogP contribution in [0.4, 0.5) is 3.89 Å². The molecule has 0 radical (unpaired) electrons. The van der Waals surface area contributed by atoms with Crippen molar-refractivity contribution >= 4 is 31.3 Å². The fourth-order valence-corrected chi connectivity index (χ4v) is 3.53. The summed E-state index contributed by atoms with van der Waals surface area (Å²) in [6, 6.07) is 0. The maximum Gasteiger partial charge on any atom is 0.494 e. The monoisotopic (exact) mass is 363 g/mol. The van der Waals surface area contributed by atoms with Crippen molar-refractivity contribution in [3.63, 3.8) is 0 Å². The summed E-state index contributed by atoms with van der Waals surface area (Å²) in [5, 5.41) is 0. The van der Waals surface area contributed by atoms with E-state index in [1.54, 1.807) is 6.20 Å². The third kappa shape index (κ3) is 3.13. The van der Waals surface area contributed by atoms with E-state index in [2.05, 4.69) is 0 Å². The van der Waals surface area contributed by atoms with Gasteiger partial charge in [0.25, 0.3) is 0 Å². The van der Waals surface area contributed by atoms with Crippen molar-refractivity contribution in [1.82, 2.24) is 3.97 Å². The van der Waals surface area contributed by atoms with Crippen molar-refractivity contribution in [2.45, 2.75) is 59.2 Å². The van der Waals surface area contributed by atoms with Crippen LogP contribution in [-0.4, -0.2) is 28.1 Å². The zero-order chi connectivity index (χ0) is 18.6. The highest BCUT2D eigenvalue weighted by atomic mass is 32.2. The number of halogens is 1. The highest BCUT2D eigenvalue weighted by Crippen LogP contribution is 2.40. The molecule has 1 saturated heterocycles. The van der Waals surface area contributed by atoms with Crippen LogP contribution in [0.5, 0.6) is 0 Å². The molecule has 0 aromatic carbocycles. The topological polar surface area (TPSA) is 40.5 Å². The van der Waals surface area contributed by atoms with E-state index in [0.29, 0.717) is 12.0 Å². The summed E-state index contributed by atoms with van der Waals surface area (Å²) >= 11 is 0.111. The lowest BCUT2D eigenvalue weighted by Crippen LogP contribution is -2.41. The largest absolute Gasteiger partial charge is 0.494 e. The highest BCUT2D eigenvalue weighted by molar-refractivity contribution is 7.92. The van der Waals surface area contributed by atoms with Crippen LogP contribution in [-0.2, 0) is 15.7 Å². The number of allylic oxidation sites excluding steroid dienone is 3. The second-order valence-corrected chi connectivity index (χ2v) is 8.29. The number of nitrogens with zero attached hydrogens (tertiary/aromatic N) is 1. The number of hydrogen-bond acceptors (Lipinski definition) is 4. The molecule has 2 heterocycles. The Morgan fingerprint density at radius 3 is 2.36 bits per heavy atom. The van der Waals surface area contributed by atoms with Crippen LogP contribution >= 0.6 is 12.3 Å². The number of carbonyl (C=O) groups excluding carboxylic acids is 1. The molecule has 0 atom stereocenters. The average molecular weight is 363 g/mol. The predicted molar refractivity (Wildman–Crippen MR) is 100 cm³/mol. The Kier molecular flexibility index (Phi) is 4.54. The van der Waals surface area contributed by atoms with Gasteiger partial charge in [-0.25, -0.2) is 0 Å². The van der Waals surface area contributed by atoms with E-state index in [9.17, 15) is 8.68 Å². The molecular weight excluding hydrogens is 340 g/mol. The van der Waals surface area contributed by atoms with E-state index in [4.69, 9.17) is 9.31 Å². The number of carbonyl (C=O) groups is 1. The van der Waals surface area contributed by atoms with Gasteiger partial charge in [-0.2, -0.15) is 0 Å². The Morgan fingerprint density at radius 2 is 1.84 bits per heavy atom. The number of hydrogen-bond donors (Lipinski definition) is 0. The fraction of sp³-hybridized carbons (Fsp3) is 0.500. The minimum absolute atomic E-state index is 0.0897. The molecule has 134 valence electrons. The van der Waals surface area contributed by atoms with Crippen LogP contribution in [0.1, 0.15) is 63.2 Å². The first-order valence-corrected chi connectivity index (χ1v) is 9.02. The molecular formula is C18H23BFNO3S. The first-order chi connectivity index (χ1) is 11.6. The van der Waals surface area contributed by atoms with Gasteiger partial charge in [0.2, 0.25) is 0 Å². The molecule has 7 heteroatoms. The summed E-state index contributed by atoms with van der Waals surface area (Å²) in [5.41, 5.74) is 3.05. The zero-order valence-corrected chi connectivity index (χ0v) is 16.3. The smallest absolute Gasteiger partial charge is 0.399 e. The normalized spacial score (nSPS) is 21.5. The molecule has 4 nitrogen and oxygen atoms in total. The number of Topliss-reactive ketones (excluding diaryl/α,β-unsaturated/α-hetero) is 1. The molecule has 0 bridgehead atoms. The standard InChI is InChI=1S/C18H23BFNO3S/c1-11-7-13(19-23-17(3,4)18(5,6)24-19)9-14-15(12(2)22)10-21(25-20)16(14)8-11/h7,9-10H,8H2,1-6H3. The van der Waals surface area contributed by atoms with Gasteiger partial charge >= 0.3 is 7.12 Å². The first kappa shape index (κ1) is 18.5. The Morgan fingerprint density at radius 1 is 1.24 bits per heavy atom. The van der Waals surface area contributed by atoms with Crippen LogP contribution in [0.3, 0.4) is 0 Å². The van der Waals surface area contributed by atoms with Crippen LogP contribution < -0.4 is 0 Å². The number of fused-ring (bicyclic) bond motifs is 1. The molecule has 0 spiro atoms. The molecule has 3 rings (SSSR count). The molecule has 25 heavy (non-hydrogen) atoms. The van der Waals surface area contributed by atoms with Crippen LogP contribution in [0.2, 0.25) is 0 Å². The van der Waals surface area contributed by atoms with Gasteiger partial charge in [-0.15, -0.1) is 3.89 Å². The van der Waals surface area contributed by atoms with Gasteiger partial charge in [0.15, 0.2) is 18.1 Å². The molecule has 0 amide bonds. The van der Waals surface area contributed by atoms with Gasteiger partial charge in [0.05, 0.1) is 11.2 Å². The lowest BCUT2D eigenvalue weighted by Gasteiger charge is -2.32. The molecule has 1 fully saturated rings. The van der Waals surface area contributed by atoms with Gasteiger partial charge < -0.3 is 9.31 Å². The maximum atomic E-state index is 13.3. The van der Waals surface area contributed by atoms with Crippen molar-refractivity contribution in [2.75, 3.05) is 0 Å². The third-order valence-corrected chi connectivity index (χ3v) is 5.74. The Hall–Kier alpha value is -1.31. The summed E-state index contributed by atoms with van der Waals surface area (Å²) in [7, 11) is -0.521. The predicted octanol–water partition coefficient (Wildman–Crippen LogP) is 4.59. The first-order valence-electron chi connectivity index (χ1n) is 8.34. The second-order valence-electron chi connectivity index (χ2n) is 7.75. The summed E-state index contributed by atoms with van der Waals surface area (Å²) in [4.78, 5) is 12.0. The van der Waals surface area contributed by atoms with Gasteiger partial charge in [-0.05, 0) is 47.0 Å². The summed E-state index contributed by atoms with van der Waals surface area (Å²) < 4.78 is 27.1. The Balaban J connectivity index is 2.10. The molecule has 0 N–H and O–H groups in total. The van der Waals surface area contributed by atoms with Crippen LogP contribution in [0, 0.1) is 0 Å². The van der Waals surface area contributed by atoms with Crippen molar-refractivity contribution in [3.8, 4) is 0 Å². The van der Waals surface area contributed by atoms with E-state index in [0.717, 1.165) is 22.3 Å². The minimum atomic E-state index is -0.521. The van der Waals surface area contributed by atoms with E-state index in [1.807, 2.05) is 46.8 Å². The molecule has 0 unspecified atom stereocenters. The number of ketones is 1. The van der Waals surface area contributed by atoms with Gasteiger partial charge in [0.1, 0.15) is 0 Å². The molecule has 1 aliphatic carbocycles. The molecule has 0 saturated carbocycles. The fourth-order valence-electron chi connectivity index (χ4n) is 3.14. The van der Waals surface area contributed by atoms with Gasteiger partial charge in [-0.3, -0.25) is 8.77 Å². The van der Waals surface area contributed by atoms with Gasteiger partial charge in [-0.1, -0.05) is 17.7 Å². The molecule has 1 aromatic heterocycles. The number of rotatable bonds is 3. The quantitative estimate of drug-likeness (QED) is 0.582. The van der Waals surface area contributed by atoms with E-state index in [-0.39, 0.29) is 18.1 Å². The van der Waals surface area contributed by atoms with Crippen molar-refractivity contribution in [1.29, 1.82) is 0 Å². The summed E-state index contributed by atoms with van der Waals surface area (Å²) in [6.45, 7) is 11.5. The van der Waals surface area contributed by atoms with E-state index < -0.39 is 18.3 Å².